The fourth-order valence-electron chi connectivity index (χ4n) is 1.95. The summed E-state index contributed by atoms with van der Waals surface area (Å²) in [4.78, 5) is 25.8. The molecule has 0 aliphatic carbocycles. The molecule has 0 radical (unpaired) electrons. The lowest BCUT2D eigenvalue weighted by Gasteiger charge is -2.15. The van der Waals surface area contributed by atoms with Crippen LogP contribution in [0.4, 0.5) is 0 Å². The minimum atomic E-state index is -0.115. The van der Waals surface area contributed by atoms with Gasteiger partial charge >= 0.3 is 0 Å². The molecule has 2 amide bonds. The zero-order valence-electron chi connectivity index (χ0n) is 10.5. The summed E-state index contributed by atoms with van der Waals surface area (Å²) in [7, 11) is 0. The van der Waals surface area contributed by atoms with Crippen LogP contribution in [-0.2, 0) is 4.79 Å². The second-order valence-electron chi connectivity index (χ2n) is 4.37. The first-order chi connectivity index (χ1) is 8.66. The van der Waals surface area contributed by atoms with Gasteiger partial charge in [-0.15, -0.1) is 23.7 Å². The summed E-state index contributed by atoms with van der Waals surface area (Å²) >= 11 is 1.39. The van der Waals surface area contributed by atoms with Crippen molar-refractivity contribution in [2.45, 2.75) is 18.9 Å². The Bertz CT molecular complexity index is 425. The molecule has 5 nitrogen and oxygen atoms in total. The number of carbonyl (C=O) groups excluding carboxylic acids is 2. The molecule has 0 spiro atoms. The van der Waals surface area contributed by atoms with E-state index in [9.17, 15) is 9.59 Å². The number of rotatable bonds is 4. The van der Waals surface area contributed by atoms with Crippen molar-refractivity contribution < 1.29 is 9.59 Å². The zero-order chi connectivity index (χ0) is 13.0. The second kappa shape index (κ2) is 7.47. The number of likely N-dealkylation sites (tertiary alicyclic amines) is 1. The first-order valence-electron chi connectivity index (χ1n) is 6.02. The van der Waals surface area contributed by atoms with E-state index in [0.29, 0.717) is 24.4 Å². The van der Waals surface area contributed by atoms with E-state index in [-0.39, 0.29) is 30.3 Å². The molecule has 1 aromatic rings. The highest BCUT2D eigenvalue weighted by atomic mass is 35.5. The third kappa shape index (κ3) is 4.49. The van der Waals surface area contributed by atoms with Crippen molar-refractivity contribution in [2.24, 2.45) is 5.73 Å². The lowest BCUT2D eigenvalue weighted by molar-refractivity contribution is -0.130. The van der Waals surface area contributed by atoms with Crippen molar-refractivity contribution in [3.05, 3.63) is 22.4 Å². The van der Waals surface area contributed by atoms with Crippen molar-refractivity contribution in [1.82, 2.24) is 10.2 Å². The lowest BCUT2D eigenvalue weighted by atomic mass is 10.3. The summed E-state index contributed by atoms with van der Waals surface area (Å²) in [5.41, 5.74) is 5.74. The van der Waals surface area contributed by atoms with Crippen LogP contribution in [0.3, 0.4) is 0 Å². The molecule has 106 valence electrons. The Hall–Kier alpha value is -1.11. The minimum absolute atomic E-state index is 0. The second-order valence-corrected chi connectivity index (χ2v) is 5.32. The molecule has 3 N–H and O–H groups in total. The molecule has 1 aliphatic rings. The van der Waals surface area contributed by atoms with E-state index in [1.54, 1.807) is 11.0 Å². The van der Waals surface area contributed by atoms with Crippen molar-refractivity contribution >= 4 is 35.6 Å². The van der Waals surface area contributed by atoms with Crippen LogP contribution >= 0.6 is 23.7 Å². The van der Waals surface area contributed by atoms with Crippen LogP contribution in [0.2, 0.25) is 0 Å². The van der Waals surface area contributed by atoms with Gasteiger partial charge in [-0.25, -0.2) is 0 Å². The maximum atomic E-state index is 11.8. The van der Waals surface area contributed by atoms with Crippen molar-refractivity contribution in [3.8, 4) is 0 Å². The average Bonchev–Trinajstić information content (AvgIpc) is 2.99. The van der Waals surface area contributed by atoms with Gasteiger partial charge in [-0.05, 0) is 17.9 Å². The molecule has 1 aliphatic heterocycles. The number of amides is 2. The molecule has 0 unspecified atom stereocenters. The fourth-order valence-corrected chi connectivity index (χ4v) is 2.59. The summed E-state index contributed by atoms with van der Waals surface area (Å²) in [5, 5.41) is 4.60. The first-order valence-corrected chi connectivity index (χ1v) is 6.90. The van der Waals surface area contributed by atoms with Crippen molar-refractivity contribution in [3.63, 3.8) is 0 Å². The molecule has 19 heavy (non-hydrogen) atoms. The molecule has 1 fully saturated rings. The third-order valence-electron chi connectivity index (χ3n) is 2.95. The molecular formula is C12H18ClN3O2S. The number of hydrogen-bond donors (Lipinski definition) is 2. The quantitative estimate of drug-likeness (QED) is 0.866. The molecule has 2 heterocycles. The summed E-state index contributed by atoms with van der Waals surface area (Å²) in [6, 6.07) is 3.70. The number of nitrogens with one attached hydrogen (secondary N) is 1. The van der Waals surface area contributed by atoms with E-state index in [0.717, 1.165) is 13.0 Å². The Morgan fingerprint density at radius 1 is 1.53 bits per heavy atom. The minimum Gasteiger partial charge on any atom is -0.351 e. The number of nitrogens with two attached hydrogens (primary N) is 1. The third-order valence-corrected chi connectivity index (χ3v) is 3.82. The maximum absolute atomic E-state index is 11.8. The van der Waals surface area contributed by atoms with Gasteiger partial charge in [0.2, 0.25) is 5.91 Å². The van der Waals surface area contributed by atoms with E-state index in [4.69, 9.17) is 5.73 Å². The Labute approximate surface area is 122 Å². The van der Waals surface area contributed by atoms with Crippen LogP contribution < -0.4 is 11.1 Å². The predicted octanol–water partition coefficient (Wildman–Crippen LogP) is 0.849. The highest BCUT2D eigenvalue weighted by Gasteiger charge is 2.23. The summed E-state index contributed by atoms with van der Waals surface area (Å²) in [6.45, 7) is 1.75. The largest absolute Gasteiger partial charge is 0.351 e. The van der Waals surface area contributed by atoms with Crippen LogP contribution in [-0.4, -0.2) is 42.4 Å². The van der Waals surface area contributed by atoms with E-state index >= 15 is 0 Å². The summed E-state index contributed by atoms with van der Waals surface area (Å²) < 4.78 is 0. The van der Waals surface area contributed by atoms with Crippen LogP contribution in [0.5, 0.6) is 0 Å². The molecule has 2 rings (SSSR count). The fraction of sp³-hybridized carbons (Fsp3) is 0.500. The maximum Gasteiger partial charge on any atom is 0.261 e. The molecule has 7 heteroatoms. The van der Waals surface area contributed by atoms with Crippen LogP contribution in [0.1, 0.15) is 22.5 Å². The Balaban J connectivity index is 0.00000180. The van der Waals surface area contributed by atoms with Gasteiger partial charge in [-0.1, -0.05) is 6.07 Å². The SMILES string of the molecule is Cl.N[C@@H]1CCN(C(=O)CCNC(=O)c2cccs2)C1. The number of nitrogens with zero attached hydrogens (tertiary/aromatic N) is 1. The molecule has 1 saturated heterocycles. The van der Waals surface area contributed by atoms with Gasteiger partial charge in [0.15, 0.2) is 0 Å². The van der Waals surface area contributed by atoms with Gasteiger partial charge < -0.3 is 16.0 Å². The highest BCUT2D eigenvalue weighted by Crippen LogP contribution is 2.09. The Morgan fingerprint density at radius 3 is 2.89 bits per heavy atom. The number of carbonyl (C=O) groups is 2. The molecule has 0 saturated carbocycles. The zero-order valence-corrected chi connectivity index (χ0v) is 12.1. The van der Waals surface area contributed by atoms with Gasteiger partial charge in [0, 0.05) is 32.1 Å². The van der Waals surface area contributed by atoms with E-state index in [1.807, 2.05) is 11.4 Å². The average molecular weight is 304 g/mol. The smallest absolute Gasteiger partial charge is 0.261 e. The topological polar surface area (TPSA) is 75.4 Å². The van der Waals surface area contributed by atoms with Gasteiger partial charge in [-0.3, -0.25) is 9.59 Å². The van der Waals surface area contributed by atoms with Crippen LogP contribution in [0.15, 0.2) is 17.5 Å². The van der Waals surface area contributed by atoms with Gasteiger partial charge in [0.1, 0.15) is 0 Å². The molecule has 1 aromatic heterocycles. The number of halogens is 1. The normalized spacial score (nSPS) is 17.9. The standard InChI is InChI=1S/C12H17N3O2S.ClH/c13-9-4-6-15(8-9)11(16)3-5-14-12(17)10-2-1-7-18-10;/h1-2,7,9H,3-6,8,13H2,(H,14,17);1H/t9-;/m1./s1. The van der Waals surface area contributed by atoms with Crippen LogP contribution in [0.25, 0.3) is 0 Å². The lowest BCUT2D eigenvalue weighted by Crippen LogP contribution is -2.34. The highest BCUT2D eigenvalue weighted by molar-refractivity contribution is 7.12. The van der Waals surface area contributed by atoms with Crippen LogP contribution in [0, 0.1) is 0 Å². The summed E-state index contributed by atoms with van der Waals surface area (Å²) in [5.74, 6) is -0.0506. The van der Waals surface area contributed by atoms with E-state index < -0.39 is 0 Å². The van der Waals surface area contributed by atoms with Gasteiger partial charge in [0.05, 0.1) is 4.88 Å². The van der Waals surface area contributed by atoms with Crippen molar-refractivity contribution in [1.29, 1.82) is 0 Å². The Kier molecular flexibility index (Phi) is 6.27. The molecule has 0 bridgehead atoms. The summed E-state index contributed by atoms with van der Waals surface area (Å²) in [6.07, 6.45) is 1.21. The molecular weight excluding hydrogens is 286 g/mol. The van der Waals surface area contributed by atoms with Gasteiger partial charge in [-0.2, -0.15) is 0 Å². The molecule has 0 aromatic carbocycles. The van der Waals surface area contributed by atoms with E-state index in [2.05, 4.69) is 5.32 Å². The van der Waals surface area contributed by atoms with Crippen molar-refractivity contribution in [2.75, 3.05) is 19.6 Å². The molecule has 1 atom stereocenters. The van der Waals surface area contributed by atoms with E-state index in [1.165, 1.54) is 11.3 Å². The first kappa shape index (κ1) is 15.9. The van der Waals surface area contributed by atoms with Gasteiger partial charge in [0.25, 0.3) is 5.91 Å². The number of hydrogen-bond acceptors (Lipinski definition) is 4. The predicted molar refractivity (Wildman–Crippen MR) is 77.7 cm³/mol. The monoisotopic (exact) mass is 303 g/mol. The Morgan fingerprint density at radius 2 is 2.32 bits per heavy atom. The number of thiophene rings is 1.